The fraction of sp³-hybridized carbons (Fsp3) is 0.667. The van der Waals surface area contributed by atoms with Crippen LogP contribution in [-0.2, 0) is 12.8 Å². The molecule has 1 N–H and O–H groups in total. The molecule has 112 valence electrons. The highest BCUT2D eigenvalue weighted by Crippen LogP contribution is 2.30. The first-order valence-electron chi connectivity index (χ1n) is 7.35. The minimum atomic E-state index is 0. The Morgan fingerprint density at radius 2 is 2.15 bits per heavy atom. The monoisotopic (exact) mass is 314 g/mol. The van der Waals surface area contributed by atoms with Crippen molar-refractivity contribution >= 4 is 29.7 Å². The Bertz CT molecular complexity index is 445. The number of rotatable bonds is 2. The molecule has 5 heteroatoms. The van der Waals surface area contributed by atoms with Gasteiger partial charge < -0.3 is 10.2 Å². The number of hydrogen-bond donors (Lipinski definition) is 1. The fourth-order valence-electron chi connectivity index (χ4n) is 3.08. The summed E-state index contributed by atoms with van der Waals surface area (Å²) in [6.07, 6.45) is 7.30. The number of aryl methyl sites for hydroxylation is 2. The molecule has 0 radical (unpaired) electrons. The maximum Gasteiger partial charge on any atom is 0.263 e. The second-order valence-electron chi connectivity index (χ2n) is 5.68. The van der Waals surface area contributed by atoms with E-state index in [-0.39, 0.29) is 18.3 Å². The third kappa shape index (κ3) is 3.18. The number of nitrogens with one attached hydrogen (secondary N) is 1. The van der Waals surface area contributed by atoms with E-state index in [2.05, 4.69) is 11.4 Å². The highest BCUT2D eigenvalue weighted by molar-refractivity contribution is 7.14. The second-order valence-corrected chi connectivity index (χ2v) is 6.82. The first-order valence-corrected chi connectivity index (χ1v) is 8.17. The van der Waals surface area contributed by atoms with Crippen LogP contribution in [0.1, 0.15) is 45.8 Å². The summed E-state index contributed by atoms with van der Waals surface area (Å²) >= 11 is 1.73. The molecule has 0 aromatic carbocycles. The third-order valence-corrected chi connectivity index (χ3v) is 5.58. The van der Waals surface area contributed by atoms with Gasteiger partial charge in [-0.2, -0.15) is 0 Å². The third-order valence-electron chi connectivity index (χ3n) is 4.36. The lowest BCUT2D eigenvalue weighted by atomic mass is 10.1. The Labute approximate surface area is 131 Å². The Morgan fingerprint density at radius 1 is 1.35 bits per heavy atom. The van der Waals surface area contributed by atoms with Gasteiger partial charge in [0.25, 0.3) is 5.91 Å². The number of likely N-dealkylation sites (N-methyl/N-ethyl adjacent to an activating group) is 1. The highest BCUT2D eigenvalue weighted by Gasteiger charge is 2.26. The number of amides is 1. The summed E-state index contributed by atoms with van der Waals surface area (Å²) in [7, 11) is 1.95. The van der Waals surface area contributed by atoms with Gasteiger partial charge in [0, 0.05) is 24.5 Å². The summed E-state index contributed by atoms with van der Waals surface area (Å²) in [6.45, 7) is 1.97. The van der Waals surface area contributed by atoms with Crippen molar-refractivity contribution in [2.24, 2.45) is 0 Å². The predicted molar refractivity (Wildman–Crippen MR) is 86.2 cm³/mol. The topological polar surface area (TPSA) is 32.3 Å². The van der Waals surface area contributed by atoms with Gasteiger partial charge in [0.2, 0.25) is 0 Å². The van der Waals surface area contributed by atoms with Crippen LogP contribution in [-0.4, -0.2) is 37.0 Å². The molecule has 20 heavy (non-hydrogen) atoms. The number of thiophene rings is 1. The van der Waals surface area contributed by atoms with Crippen molar-refractivity contribution in [2.45, 2.75) is 44.6 Å². The van der Waals surface area contributed by atoms with Gasteiger partial charge in [-0.3, -0.25) is 4.79 Å². The highest BCUT2D eigenvalue weighted by atomic mass is 35.5. The van der Waals surface area contributed by atoms with Crippen LogP contribution in [0.15, 0.2) is 6.07 Å². The van der Waals surface area contributed by atoms with E-state index in [4.69, 9.17) is 0 Å². The summed E-state index contributed by atoms with van der Waals surface area (Å²) < 4.78 is 0. The number of hydrogen-bond acceptors (Lipinski definition) is 3. The zero-order valence-electron chi connectivity index (χ0n) is 12.0. The van der Waals surface area contributed by atoms with E-state index in [1.54, 1.807) is 11.3 Å². The lowest BCUT2D eigenvalue weighted by molar-refractivity contribution is 0.0748. The van der Waals surface area contributed by atoms with E-state index in [0.717, 1.165) is 30.8 Å². The minimum absolute atomic E-state index is 0. The Hall–Kier alpha value is -0.580. The molecular weight excluding hydrogens is 292 g/mol. The molecule has 1 aliphatic carbocycles. The molecule has 0 spiro atoms. The molecule has 1 aromatic rings. The minimum Gasteiger partial charge on any atom is -0.337 e. The van der Waals surface area contributed by atoms with Crippen LogP contribution in [0.4, 0.5) is 0 Å². The van der Waals surface area contributed by atoms with Gasteiger partial charge in [0.1, 0.15) is 0 Å². The van der Waals surface area contributed by atoms with E-state index < -0.39 is 0 Å². The number of fused-ring (bicyclic) bond motifs is 1. The van der Waals surface area contributed by atoms with E-state index in [9.17, 15) is 4.79 Å². The largest absolute Gasteiger partial charge is 0.337 e. The standard InChI is InChI=1S/C15H22N2OS.ClH/c1-17(12-7-8-16-10-12)15(18)14-9-11-5-3-2-4-6-13(11)19-14;/h9,12,16H,2-8,10H2,1H3;1H. The Balaban J connectivity index is 0.00000147. The Kier molecular flexibility index (Phi) is 5.47. The molecule has 1 aliphatic heterocycles. The quantitative estimate of drug-likeness (QED) is 0.851. The van der Waals surface area contributed by atoms with Gasteiger partial charge in [-0.25, -0.2) is 0 Å². The summed E-state index contributed by atoms with van der Waals surface area (Å²) in [5.74, 6) is 0.215. The van der Waals surface area contributed by atoms with E-state index in [1.165, 1.54) is 36.1 Å². The van der Waals surface area contributed by atoms with Gasteiger partial charge in [-0.05, 0) is 50.3 Å². The molecule has 0 bridgehead atoms. The molecule has 2 aliphatic rings. The van der Waals surface area contributed by atoms with Crippen LogP contribution in [0.5, 0.6) is 0 Å². The summed E-state index contributed by atoms with van der Waals surface area (Å²) in [5, 5.41) is 3.33. The van der Waals surface area contributed by atoms with Crippen LogP contribution in [0.2, 0.25) is 0 Å². The molecule has 0 saturated carbocycles. The second kappa shape index (κ2) is 6.92. The summed E-state index contributed by atoms with van der Waals surface area (Å²) in [5.41, 5.74) is 1.43. The van der Waals surface area contributed by atoms with Gasteiger partial charge in [-0.15, -0.1) is 23.7 Å². The number of carbonyl (C=O) groups excluding carboxylic acids is 1. The molecule has 3 rings (SSSR count). The molecule has 1 aromatic heterocycles. The lowest BCUT2D eigenvalue weighted by Gasteiger charge is -2.23. The maximum atomic E-state index is 12.5. The average Bonchev–Trinajstić information content (AvgIpc) is 3.03. The van der Waals surface area contributed by atoms with Gasteiger partial charge in [-0.1, -0.05) is 6.42 Å². The first kappa shape index (κ1) is 15.8. The fourth-order valence-corrected chi connectivity index (χ4v) is 4.32. The molecule has 1 saturated heterocycles. The van der Waals surface area contributed by atoms with Crippen LogP contribution >= 0.6 is 23.7 Å². The average molecular weight is 315 g/mol. The van der Waals surface area contributed by atoms with Crippen molar-refractivity contribution in [2.75, 3.05) is 20.1 Å². The van der Waals surface area contributed by atoms with Crippen LogP contribution in [0, 0.1) is 0 Å². The van der Waals surface area contributed by atoms with Crippen LogP contribution in [0.25, 0.3) is 0 Å². The molecule has 1 amide bonds. The normalized spacial score (nSPS) is 21.8. The van der Waals surface area contributed by atoms with Crippen molar-refractivity contribution in [3.8, 4) is 0 Å². The van der Waals surface area contributed by atoms with Crippen molar-refractivity contribution < 1.29 is 4.79 Å². The van der Waals surface area contributed by atoms with E-state index in [1.807, 2.05) is 11.9 Å². The number of carbonyl (C=O) groups is 1. The number of halogens is 1. The SMILES string of the molecule is CN(C(=O)c1cc2c(s1)CCCCC2)C1CCNC1.Cl. The molecule has 2 heterocycles. The van der Waals surface area contributed by atoms with Crippen molar-refractivity contribution in [3.63, 3.8) is 0 Å². The first-order chi connectivity index (χ1) is 9.25. The maximum absolute atomic E-state index is 12.5. The van der Waals surface area contributed by atoms with Crippen LogP contribution < -0.4 is 5.32 Å². The van der Waals surface area contributed by atoms with E-state index >= 15 is 0 Å². The Morgan fingerprint density at radius 3 is 2.90 bits per heavy atom. The van der Waals surface area contributed by atoms with Gasteiger partial charge >= 0.3 is 0 Å². The van der Waals surface area contributed by atoms with Crippen molar-refractivity contribution in [1.82, 2.24) is 10.2 Å². The van der Waals surface area contributed by atoms with Gasteiger partial charge in [0.05, 0.1) is 4.88 Å². The molecule has 1 fully saturated rings. The molecular formula is C15H23ClN2OS. The van der Waals surface area contributed by atoms with Crippen molar-refractivity contribution in [3.05, 3.63) is 21.4 Å². The molecule has 1 unspecified atom stereocenters. The lowest BCUT2D eigenvalue weighted by Crippen LogP contribution is -2.37. The predicted octanol–water partition coefficient (Wildman–Crippen LogP) is 2.87. The van der Waals surface area contributed by atoms with Crippen LogP contribution in [0.3, 0.4) is 0 Å². The summed E-state index contributed by atoms with van der Waals surface area (Å²) in [6, 6.07) is 2.53. The summed E-state index contributed by atoms with van der Waals surface area (Å²) in [4.78, 5) is 16.9. The number of nitrogens with zero attached hydrogens (tertiary/aromatic N) is 1. The zero-order valence-corrected chi connectivity index (χ0v) is 13.6. The molecule has 1 atom stereocenters. The smallest absolute Gasteiger partial charge is 0.263 e. The van der Waals surface area contributed by atoms with Crippen molar-refractivity contribution in [1.29, 1.82) is 0 Å². The van der Waals surface area contributed by atoms with Gasteiger partial charge in [0.15, 0.2) is 0 Å². The zero-order chi connectivity index (χ0) is 13.2. The van der Waals surface area contributed by atoms with E-state index in [0.29, 0.717) is 6.04 Å². The molecule has 3 nitrogen and oxygen atoms in total.